The fourth-order valence-electron chi connectivity index (χ4n) is 3.02. The number of guanidine groups is 1. The van der Waals surface area contributed by atoms with Crippen molar-refractivity contribution >= 4 is 41.3 Å². The van der Waals surface area contributed by atoms with Gasteiger partial charge in [0.15, 0.2) is 18.1 Å². The lowest BCUT2D eigenvalue weighted by Gasteiger charge is -2.17. The average molecular weight is 470 g/mol. The van der Waals surface area contributed by atoms with E-state index in [0.717, 1.165) is 12.8 Å². The number of ether oxygens (including phenoxy) is 2. The monoisotopic (exact) mass is 469 g/mol. The molecular weight excluding hydrogens is 442 g/mol. The van der Waals surface area contributed by atoms with Crippen LogP contribution < -0.4 is 26.1 Å². The van der Waals surface area contributed by atoms with Crippen LogP contribution in [0.4, 0.5) is 5.95 Å². The smallest absolute Gasteiger partial charge is 0.263 e. The predicted molar refractivity (Wildman–Crippen MR) is 129 cm³/mol. The van der Waals surface area contributed by atoms with Gasteiger partial charge in [-0.2, -0.15) is 0 Å². The van der Waals surface area contributed by atoms with Gasteiger partial charge >= 0.3 is 0 Å². The largest absolute Gasteiger partial charge is 0.491 e. The summed E-state index contributed by atoms with van der Waals surface area (Å²) in [6.45, 7) is 4.57. The lowest BCUT2D eigenvalue weighted by molar-refractivity contribution is -0.130. The summed E-state index contributed by atoms with van der Waals surface area (Å²) in [6, 6.07) is 3.06. The quantitative estimate of drug-likeness (QED) is 0.333. The Morgan fingerprint density at radius 2 is 2.09 bits per heavy atom. The van der Waals surface area contributed by atoms with Gasteiger partial charge in [0.25, 0.3) is 17.4 Å². The van der Waals surface area contributed by atoms with Crippen LogP contribution in [0.15, 0.2) is 38.7 Å². The number of amides is 2. The maximum atomic E-state index is 13.3. The number of carbonyl (C=O) groups is 2. The zero-order valence-corrected chi connectivity index (χ0v) is 19.5. The Morgan fingerprint density at radius 1 is 1.38 bits per heavy atom. The summed E-state index contributed by atoms with van der Waals surface area (Å²) in [7, 11) is 4.64. The van der Waals surface area contributed by atoms with E-state index in [1.807, 2.05) is 0 Å². The summed E-state index contributed by atoms with van der Waals surface area (Å²) >= 11 is 0. The first kappa shape index (κ1) is 24.4. The molecule has 1 aliphatic carbocycles. The number of benzene rings is 1. The maximum Gasteiger partial charge on any atom is 0.263 e. The zero-order chi connectivity index (χ0) is 25.0. The molecule has 2 aromatic rings. The van der Waals surface area contributed by atoms with Gasteiger partial charge in [0.1, 0.15) is 5.52 Å². The van der Waals surface area contributed by atoms with Crippen molar-refractivity contribution in [2.24, 2.45) is 15.7 Å². The van der Waals surface area contributed by atoms with Gasteiger partial charge in [-0.25, -0.2) is 15.0 Å². The van der Waals surface area contributed by atoms with Gasteiger partial charge in [0, 0.05) is 31.9 Å². The van der Waals surface area contributed by atoms with Crippen molar-refractivity contribution in [2.75, 3.05) is 33.1 Å². The van der Waals surface area contributed by atoms with Gasteiger partial charge < -0.3 is 20.1 Å². The van der Waals surface area contributed by atoms with Crippen molar-refractivity contribution < 1.29 is 19.1 Å². The van der Waals surface area contributed by atoms with E-state index in [1.165, 1.54) is 29.7 Å². The van der Waals surface area contributed by atoms with Crippen molar-refractivity contribution in [3.63, 3.8) is 0 Å². The number of fused-ring (bicyclic) bond motifs is 1. The molecule has 0 radical (unpaired) electrons. The third-order valence-electron chi connectivity index (χ3n) is 5.09. The Bertz CT molecular complexity index is 1260. The molecule has 1 fully saturated rings. The molecule has 1 heterocycles. The third kappa shape index (κ3) is 5.22. The summed E-state index contributed by atoms with van der Waals surface area (Å²) in [5.41, 5.74) is 5.57. The minimum Gasteiger partial charge on any atom is -0.491 e. The van der Waals surface area contributed by atoms with E-state index in [9.17, 15) is 14.4 Å². The number of carbonyl (C=O) groups excluding carboxylic acids is 2. The van der Waals surface area contributed by atoms with Crippen molar-refractivity contribution in [1.29, 1.82) is 0 Å². The highest BCUT2D eigenvalue weighted by Gasteiger charge is 2.30. The second-order valence-corrected chi connectivity index (χ2v) is 7.82. The number of nitrogens with one attached hydrogen (secondary N) is 1. The highest BCUT2D eigenvalue weighted by Crippen LogP contribution is 2.38. The van der Waals surface area contributed by atoms with E-state index >= 15 is 0 Å². The molecule has 2 amide bonds. The van der Waals surface area contributed by atoms with Crippen molar-refractivity contribution in [2.45, 2.75) is 25.8 Å². The molecule has 12 nitrogen and oxygen atoms in total. The van der Waals surface area contributed by atoms with Crippen LogP contribution in [0.5, 0.6) is 11.5 Å². The van der Waals surface area contributed by atoms with Gasteiger partial charge in [-0.3, -0.25) is 24.3 Å². The minimum atomic E-state index is -0.524. The number of hydrogen-bond acceptors (Lipinski definition) is 7. The first-order valence-electron chi connectivity index (χ1n) is 10.4. The lowest BCUT2D eigenvalue weighted by Crippen LogP contribution is -2.28. The van der Waals surface area contributed by atoms with Crippen molar-refractivity contribution in [1.82, 2.24) is 14.5 Å². The van der Waals surface area contributed by atoms with E-state index in [4.69, 9.17) is 15.2 Å². The Hall–Kier alpha value is -4.22. The van der Waals surface area contributed by atoms with Crippen molar-refractivity contribution in [3.8, 4) is 11.5 Å². The number of rotatable bonds is 8. The number of anilines is 1. The van der Waals surface area contributed by atoms with E-state index in [0.29, 0.717) is 5.39 Å². The first-order chi connectivity index (χ1) is 16.2. The molecule has 3 N–H and O–H groups in total. The maximum absolute atomic E-state index is 13.3. The molecule has 0 saturated heterocycles. The first-order valence-corrected chi connectivity index (χ1v) is 10.4. The van der Waals surface area contributed by atoms with Gasteiger partial charge in [0.05, 0.1) is 12.5 Å². The van der Waals surface area contributed by atoms with Crippen molar-refractivity contribution in [3.05, 3.63) is 34.3 Å². The van der Waals surface area contributed by atoms with E-state index < -0.39 is 5.91 Å². The zero-order valence-electron chi connectivity index (χ0n) is 19.5. The molecule has 1 aromatic carbocycles. The topological polar surface area (TPSA) is 154 Å². The Balaban J connectivity index is 2.06. The molecule has 0 atom stereocenters. The molecule has 1 saturated carbocycles. The van der Waals surface area contributed by atoms with Crippen LogP contribution in [0.1, 0.15) is 25.8 Å². The van der Waals surface area contributed by atoms with Crippen LogP contribution in [0.25, 0.3) is 10.9 Å². The summed E-state index contributed by atoms with van der Waals surface area (Å²) in [4.78, 5) is 51.2. The minimum absolute atomic E-state index is 0.0661. The number of methoxy groups -OCH3 is 1. The van der Waals surface area contributed by atoms with E-state index in [1.54, 1.807) is 26.2 Å². The Kier molecular flexibility index (Phi) is 7.29. The van der Waals surface area contributed by atoms with Crippen LogP contribution >= 0.6 is 0 Å². The molecule has 180 valence electrons. The molecule has 0 spiro atoms. The van der Waals surface area contributed by atoms with Gasteiger partial charge in [0.2, 0.25) is 11.9 Å². The summed E-state index contributed by atoms with van der Waals surface area (Å²) in [6.07, 6.45) is 2.83. The molecule has 34 heavy (non-hydrogen) atoms. The number of aromatic nitrogens is 2. The number of nitrogens with two attached hydrogens (primary N) is 1. The number of hydrogen-bond donors (Lipinski definition) is 2. The number of nitrogens with zero attached hydrogens (tertiary/aromatic N) is 5. The van der Waals surface area contributed by atoms with Crippen LogP contribution in [0, 0.1) is 0 Å². The average Bonchev–Trinajstić information content (AvgIpc) is 3.65. The Morgan fingerprint density at radius 3 is 2.68 bits per heavy atom. The van der Waals surface area contributed by atoms with E-state index in [2.05, 4.69) is 27.0 Å². The summed E-state index contributed by atoms with van der Waals surface area (Å²) in [5.74, 6) is -0.362. The Labute approximate surface area is 195 Å². The molecule has 3 rings (SSSR count). The summed E-state index contributed by atoms with van der Waals surface area (Å²) < 4.78 is 12.5. The number of aliphatic imine (C=N–C) groups is 2. The molecule has 0 aliphatic heterocycles. The molecule has 1 aliphatic rings. The fourth-order valence-corrected chi connectivity index (χ4v) is 3.02. The van der Waals surface area contributed by atoms with Gasteiger partial charge in [-0.05, 0) is 38.6 Å². The highest BCUT2D eigenvalue weighted by atomic mass is 16.5. The highest BCUT2D eigenvalue weighted by molar-refractivity contribution is 6.03. The van der Waals surface area contributed by atoms with Crippen LogP contribution in [-0.4, -0.2) is 66.8 Å². The summed E-state index contributed by atoms with van der Waals surface area (Å²) in [5, 5.41) is 2.97. The molecule has 1 aromatic heterocycles. The SMILES string of the molecule is C=NC(N)=N/C=C(\C)C(=O)Nc1nc2c(OC)c(OCC(=O)N(C)C)ccc2c(=O)n1C1CC1. The lowest BCUT2D eigenvalue weighted by atomic mass is 10.2. The molecule has 0 unspecified atom stereocenters. The van der Waals surface area contributed by atoms with Gasteiger partial charge in [-0.15, -0.1) is 0 Å². The third-order valence-corrected chi connectivity index (χ3v) is 5.09. The molecule has 0 bridgehead atoms. The number of likely N-dealkylation sites (N-methyl/N-ethyl adjacent to an activating group) is 1. The standard InChI is InChI=1S/C22H27N7O5/c1-12(10-25-21(23)24-2)19(31)27-22-26-17-14(20(32)29(22)13-6-7-13)8-9-15(18(17)33-5)34-11-16(30)28(3)4/h8-10,13H,2,6-7,11H2,1,3-5H3,(H2,23,25)(H,26,27,31)/b12-10+. The van der Waals surface area contributed by atoms with Crippen LogP contribution in [0.2, 0.25) is 0 Å². The van der Waals surface area contributed by atoms with Crippen LogP contribution in [-0.2, 0) is 9.59 Å². The second-order valence-electron chi connectivity index (χ2n) is 7.82. The van der Waals surface area contributed by atoms with Gasteiger partial charge in [-0.1, -0.05) is 0 Å². The fraction of sp³-hybridized carbons (Fsp3) is 0.364. The van der Waals surface area contributed by atoms with Crippen LogP contribution in [0.3, 0.4) is 0 Å². The molecule has 12 heteroatoms. The normalized spacial score (nSPS) is 14.0. The molecular formula is C22H27N7O5. The predicted octanol–water partition coefficient (Wildman–Crippen LogP) is 1.06. The van der Waals surface area contributed by atoms with E-state index in [-0.39, 0.29) is 58.6 Å². The second kappa shape index (κ2) is 10.1.